The van der Waals surface area contributed by atoms with Gasteiger partial charge in [0.1, 0.15) is 5.75 Å². The second-order valence-electron chi connectivity index (χ2n) is 12.6. The monoisotopic (exact) mass is 584 g/mol. The molecule has 12 heteroatoms. The van der Waals surface area contributed by atoms with Gasteiger partial charge in [0, 0.05) is 25.0 Å². The summed E-state index contributed by atoms with van der Waals surface area (Å²) in [4.78, 5) is 70.7. The maximum absolute atomic E-state index is 14.1. The summed E-state index contributed by atoms with van der Waals surface area (Å²) >= 11 is 0. The van der Waals surface area contributed by atoms with Crippen LogP contribution in [0.5, 0.6) is 5.75 Å². The number of likely N-dealkylation sites (N-methyl/N-ethyl adjacent to an activating group) is 1. The number of ketones is 4. The summed E-state index contributed by atoms with van der Waals surface area (Å²) in [5, 5.41) is 38.1. The largest absolute Gasteiger partial charge is 0.505 e. The first kappa shape index (κ1) is 30.3. The summed E-state index contributed by atoms with van der Waals surface area (Å²) in [5.41, 5.74) is 3.01. The number of primary amides is 1. The minimum absolute atomic E-state index is 0.0663. The van der Waals surface area contributed by atoms with Gasteiger partial charge in [-0.1, -0.05) is 19.9 Å². The van der Waals surface area contributed by atoms with Crippen LogP contribution in [-0.4, -0.2) is 112 Å². The van der Waals surface area contributed by atoms with Crippen molar-refractivity contribution >= 4 is 34.7 Å². The number of nitrogens with one attached hydrogen (secondary N) is 1. The molecule has 1 saturated heterocycles. The molecule has 1 aliphatic heterocycles. The van der Waals surface area contributed by atoms with E-state index in [0.717, 1.165) is 38.9 Å². The summed E-state index contributed by atoms with van der Waals surface area (Å²) in [6.07, 6.45) is 1.11. The number of anilines is 1. The number of amides is 1. The molecule has 2 saturated carbocycles. The fourth-order valence-corrected chi connectivity index (χ4v) is 7.94. The number of aromatic hydroxyl groups is 1. The van der Waals surface area contributed by atoms with Crippen molar-refractivity contribution in [2.45, 2.75) is 62.8 Å². The zero-order valence-corrected chi connectivity index (χ0v) is 24.4. The van der Waals surface area contributed by atoms with E-state index in [9.17, 15) is 39.3 Å². The highest BCUT2D eigenvalue weighted by Gasteiger charge is 2.72. The van der Waals surface area contributed by atoms with Gasteiger partial charge in [0.2, 0.25) is 5.91 Å². The van der Waals surface area contributed by atoms with Crippen LogP contribution >= 0.6 is 0 Å². The topological polar surface area (TPSA) is 191 Å². The molecule has 8 atom stereocenters. The molecular formula is C30H40N4O8. The number of piperidine rings is 1. The van der Waals surface area contributed by atoms with E-state index in [4.69, 9.17) is 5.73 Å². The number of phenolic OH excluding ortho intramolecular Hbond substituents is 1. The van der Waals surface area contributed by atoms with Crippen molar-refractivity contribution in [1.29, 1.82) is 0 Å². The minimum atomic E-state index is -3.01. The molecular weight excluding hydrogens is 544 g/mol. The third kappa shape index (κ3) is 4.30. The number of likely N-dealkylation sites (tertiary alicyclic amines) is 1. The van der Waals surface area contributed by atoms with Crippen LogP contribution in [0.2, 0.25) is 0 Å². The van der Waals surface area contributed by atoms with E-state index in [1.165, 1.54) is 19.0 Å². The number of hydrogen-bond acceptors (Lipinski definition) is 11. The van der Waals surface area contributed by atoms with Crippen molar-refractivity contribution in [3.8, 4) is 5.75 Å². The lowest BCUT2D eigenvalue weighted by atomic mass is 9.49. The number of rotatable bonds is 6. The molecule has 6 N–H and O–H groups in total. The standard InChI is InChI=1S/C30H40N4O8/c1-5-10-34-11-8-14(9-12-34)32-16-7-6-15-13(2)17-19(24(36)18(15)23(16)35)27(39)30(42)21(25(17)37)22(33(3)4)26(38)20(28(30)40)29(31)41/h6-7,13-14,17,19-22,25,32,35,37,42H,5,8-12H2,1-4H3,(H2,31,41)/t13-,17?,19?,20?,21?,22-,25-,30-/m0/s1. The Balaban J connectivity index is 1.54. The van der Waals surface area contributed by atoms with Gasteiger partial charge in [-0.3, -0.25) is 28.9 Å². The lowest BCUT2D eigenvalue weighted by molar-refractivity contribution is -0.196. The average Bonchev–Trinajstić information content (AvgIpc) is 2.92. The average molecular weight is 585 g/mol. The number of aliphatic hydroxyl groups excluding tert-OH is 1. The number of nitrogens with two attached hydrogens (primary N) is 1. The summed E-state index contributed by atoms with van der Waals surface area (Å²) in [6, 6.07) is 2.04. The van der Waals surface area contributed by atoms with E-state index >= 15 is 0 Å². The molecule has 0 radical (unpaired) electrons. The Hall–Kier alpha value is -3.19. The number of hydrogen-bond donors (Lipinski definition) is 5. The smallest absolute Gasteiger partial charge is 0.235 e. The Morgan fingerprint density at radius 3 is 2.36 bits per heavy atom. The van der Waals surface area contributed by atoms with Gasteiger partial charge < -0.3 is 31.3 Å². The summed E-state index contributed by atoms with van der Waals surface area (Å²) in [5.74, 6) is -13.2. The molecule has 1 aromatic rings. The maximum Gasteiger partial charge on any atom is 0.235 e. The fraction of sp³-hybridized carbons (Fsp3) is 0.633. The van der Waals surface area contributed by atoms with Gasteiger partial charge in [0.25, 0.3) is 0 Å². The van der Waals surface area contributed by atoms with Crippen molar-refractivity contribution < 1.29 is 39.3 Å². The zero-order chi connectivity index (χ0) is 30.8. The van der Waals surface area contributed by atoms with Crippen molar-refractivity contribution in [3.63, 3.8) is 0 Å². The van der Waals surface area contributed by atoms with Gasteiger partial charge in [0.15, 0.2) is 34.7 Å². The molecule has 12 nitrogen and oxygen atoms in total. The number of fused-ring (bicyclic) bond motifs is 3. The van der Waals surface area contributed by atoms with Crippen LogP contribution in [-0.2, 0) is 19.2 Å². The third-order valence-electron chi connectivity index (χ3n) is 9.98. The first-order valence-corrected chi connectivity index (χ1v) is 14.6. The molecule has 42 heavy (non-hydrogen) atoms. The van der Waals surface area contributed by atoms with E-state index in [-0.39, 0.29) is 17.4 Å². The molecule has 1 heterocycles. The van der Waals surface area contributed by atoms with Crippen LogP contribution < -0.4 is 11.1 Å². The molecule has 4 unspecified atom stereocenters. The lowest BCUT2D eigenvalue weighted by Crippen LogP contribution is -2.77. The Morgan fingerprint density at radius 2 is 1.79 bits per heavy atom. The molecule has 0 spiro atoms. The molecule has 5 rings (SSSR count). The second-order valence-corrected chi connectivity index (χ2v) is 12.6. The number of phenols is 1. The van der Waals surface area contributed by atoms with Crippen LogP contribution in [0.25, 0.3) is 0 Å². The zero-order valence-electron chi connectivity index (χ0n) is 24.4. The molecule has 3 aliphatic carbocycles. The van der Waals surface area contributed by atoms with Gasteiger partial charge in [-0.25, -0.2) is 0 Å². The number of nitrogens with zero attached hydrogens (tertiary/aromatic N) is 2. The molecule has 3 fully saturated rings. The van der Waals surface area contributed by atoms with Gasteiger partial charge >= 0.3 is 0 Å². The number of carbonyl (C=O) groups excluding carboxylic acids is 5. The summed E-state index contributed by atoms with van der Waals surface area (Å²) in [6.45, 7) is 6.65. The highest BCUT2D eigenvalue weighted by Crippen LogP contribution is 2.55. The van der Waals surface area contributed by atoms with Gasteiger partial charge in [-0.2, -0.15) is 0 Å². The van der Waals surface area contributed by atoms with Crippen LogP contribution in [0.15, 0.2) is 12.1 Å². The van der Waals surface area contributed by atoms with Gasteiger partial charge in [-0.05, 0) is 57.5 Å². The fourth-order valence-electron chi connectivity index (χ4n) is 7.94. The van der Waals surface area contributed by atoms with E-state index in [0.29, 0.717) is 11.3 Å². The van der Waals surface area contributed by atoms with Crippen LogP contribution in [0, 0.1) is 23.7 Å². The van der Waals surface area contributed by atoms with Crippen LogP contribution in [0.1, 0.15) is 54.9 Å². The van der Waals surface area contributed by atoms with Gasteiger partial charge in [0.05, 0.1) is 35.2 Å². The second kappa shape index (κ2) is 10.8. The number of Topliss-reactive ketones (excluding diaryl/α,β-unsaturated/α-hetero) is 4. The summed E-state index contributed by atoms with van der Waals surface area (Å²) < 4.78 is 0. The van der Waals surface area contributed by atoms with Crippen molar-refractivity contribution in [3.05, 3.63) is 23.3 Å². The Labute approximate surface area is 244 Å². The molecule has 0 aromatic heterocycles. The predicted octanol–water partition coefficient (Wildman–Crippen LogP) is -0.315. The molecule has 0 bridgehead atoms. The van der Waals surface area contributed by atoms with Crippen LogP contribution in [0.3, 0.4) is 0 Å². The highest BCUT2D eigenvalue weighted by molar-refractivity contribution is 6.32. The normalized spacial score (nSPS) is 35.5. The highest BCUT2D eigenvalue weighted by atomic mass is 16.3. The van der Waals surface area contributed by atoms with E-state index in [1.807, 2.05) is 0 Å². The van der Waals surface area contributed by atoms with Crippen molar-refractivity contribution in [2.75, 3.05) is 39.0 Å². The summed E-state index contributed by atoms with van der Waals surface area (Å²) in [7, 11) is 2.93. The number of aliphatic hydroxyl groups is 2. The lowest BCUT2D eigenvalue weighted by Gasteiger charge is -2.56. The minimum Gasteiger partial charge on any atom is -0.505 e. The number of benzene rings is 1. The Kier molecular flexibility index (Phi) is 7.80. The Bertz CT molecular complexity index is 1340. The van der Waals surface area contributed by atoms with E-state index < -0.39 is 76.4 Å². The first-order chi connectivity index (χ1) is 19.8. The quantitative estimate of drug-likeness (QED) is 0.218. The maximum atomic E-state index is 14.1. The molecule has 4 aliphatic rings. The predicted molar refractivity (Wildman–Crippen MR) is 151 cm³/mol. The van der Waals surface area contributed by atoms with Crippen molar-refractivity contribution in [1.82, 2.24) is 9.80 Å². The molecule has 1 aromatic carbocycles. The van der Waals surface area contributed by atoms with Crippen molar-refractivity contribution in [2.24, 2.45) is 29.4 Å². The number of carbonyl (C=O) groups is 5. The molecule has 228 valence electrons. The van der Waals surface area contributed by atoms with Gasteiger partial charge in [-0.15, -0.1) is 0 Å². The van der Waals surface area contributed by atoms with E-state index in [2.05, 4.69) is 17.1 Å². The SMILES string of the molecule is CCCN1CCC(Nc2ccc3c(c2O)C(=O)C2C(=O)[C@]4(O)C(=O)C(C(N)=O)C(=O)[C@@H](N(C)C)C4[C@@H](O)C2[C@H]3C)CC1. The third-order valence-corrected chi connectivity index (χ3v) is 9.98. The van der Waals surface area contributed by atoms with Crippen LogP contribution in [0.4, 0.5) is 5.69 Å². The Morgan fingerprint density at radius 1 is 1.14 bits per heavy atom. The first-order valence-electron chi connectivity index (χ1n) is 14.6. The molecule has 1 amide bonds. The van der Waals surface area contributed by atoms with E-state index in [1.54, 1.807) is 19.1 Å².